The molecule has 7 nitrogen and oxygen atoms in total. The van der Waals surface area contributed by atoms with E-state index in [9.17, 15) is 8.42 Å². The number of hydrogen-bond donors (Lipinski definition) is 0. The summed E-state index contributed by atoms with van der Waals surface area (Å²) in [5.41, 5.74) is -0.395. The molecular formula is C16H25N3O4S. The van der Waals surface area contributed by atoms with Crippen molar-refractivity contribution in [2.45, 2.75) is 48.8 Å². The molecule has 1 saturated carbocycles. The number of piperidine rings is 1. The zero-order valence-electron chi connectivity index (χ0n) is 14.1. The van der Waals surface area contributed by atoms with Gasteiger partial charge in [0.1, 0.15) is 0 Å². The third-order valence-electron chi connectivity index (χ3n) is 5.23. The molecule has 4 rings (SSSR count). The number of aromatic nitrogens is 2. The van der Waals surface area contributed by atoms with Crippen LogP contribution in [0.1, 0.15) is 32.1 Å². The van der Waals surface area contributed by atoms with Crippen molar-refractivity contribution >= 4 is 10.0 Å². The van der Waals surface area contributed by atoms with Crippen molar-refractivity contribution in [3.8, 4) is 0 Å². The Hall–Kier alpha value is -0.960. The summed E-state index contributed by atoms with van der Waals surface area (Å²) in [4.78, 5) is 4.02. The molecule has 3 fully saturated rings. The molecule has 2 atom stereocenters. The summed E-state index contributed by atoms with van der Waals surface area (Å²) in [7, 11) is -1.79. The Balaban J connectivity index is 1.43. The number of aryl methyl sites for hydroxylation is 1. The molecule has 0 N–H and O–H groups in total. The molecule has 0 radical (unpaired) electrons. The highest BCUT2D eigenvalue weighted by molar-refractivity contribution is 7.89. The quantitative estimate of drug-likeness (QED) is 0.792. The summed E-state index contributed by atoms with van der Waals surface area (Å²) in [5, 5.41) is 0.113. The van der Waals surface area contributed by atoms with Gasteiger partial charge < -0.3 is 14.0 Å². The van der Waals surface area contributed by atoms with Crippen molar-refractivity contribution in [3.05, 3.63) is 12.5 Å². The molecule has 1 aromatic rings. The summed E-state index contributed by atoms with van der Waals surface area (Å²) < 4.78 is 40.8. The van der Waals surface area contributed by atoms with Crippen LogP contribution in [0.25, 0.3) is 0 Å². The van der Waals surface area contributed by atoms with E-state index in [0.29, 0.717) is 19.7 Å². The summed E-state index contributed by atoms with van der Waals surface area (Å²) in [6.07, 6.45) is 8.19. The Morgan fingerprint density at radius 3 is 3.00 bits per heavy atom. The van der Waals surface area contributed by atoms with Gasteiger partial charge in [-0.1, -0.05) is 0 Å². The minimum absolute atomic E-state index is 0.100. The third kappa shape index (κ3) is 3.24. The van der Waals surface area contributed by atoms with E-state index in [-0.39, 0.29) is 11.1 Å². The highest BCUT2D eigenvalue weighted by Gasteiger charge is 2.47. The van der Waals surface area contributed by atoms with E-state index in [4.69, 9.17) is 9.47 Å². The van der Waals surface area contributed by atoms with E-state index in [2.05, 4.69) is 4.98 Å². The largest absolute Gasteiger partial charge is 0.375 e. The first kappa shape index (κ1) is 16.5. The Labute approximate surface area is 143 Å². The highest BCUT2D eigenvalue weighted by atomic mass is 32.2. The SMILES string of the molecule is Cn1cnc(S(=O)(=O)N2CCC[C@]3(C[C@@H](OCC4CC4)CO3)C2)c1. The summed E-state index contributed by atoms with van der Waals surface area (Å²) >= 11 is 0. The Kier molecular flexibility index (Phi) is 4.19. The van der Waals surface area contributed by atoms with Crippen LogP contribution < -0.4 is 0 Å². The smallest absolute Gasteiger partial charge is 0.262 e. The van der Waals surface area contributed by atoms with Crippen LogP contribution in [0, 0.1) is 5.92 Å². The maximum Gasteiger partial charge on any atom is 0.262 e. The van der Waals surface area contributed by atoms with Gasteiger partial charge in [-0.3, -0.25) is 0 Å². The molecule has 3 aliphatic rings. The van der Waals surface area contributed by atoms with Crippen molar-refractivity contribution in [1.29, 1.82) is 0 Å². The lowest BCUT2D eigenvalue weighted by Crippen LogP contribution is -2.50. The summed E-state index contributed by atoms with van der Waals surface area (Å²) in [5.74, 6) is 0.730. The number of hydrogen-bond acceptors (Lipinski definition) is 5. The monoisotopic (exact) mass is 355 g/mol. The maximum atomic E-state index is 12.8. The second-order valence-corrected chi connectivity index (χ2v) is 9.30. The molecular weight excluding hydrogens is 330 g/mol. The number of nitrogens with zero attached hydrogens (tertiary/aromatic N) is 3. The Morgan fingerprint density at radius 2 is 2.29 bits per heavy atom. The normalized spacial score (nSPS) is 31.8. The lowest BCUT2D eigenvalue weighted by Gasteiger charge is -2.38. The first-order chi connectivity index (χ1) is 11.5. The van der Waals surface area contributed by atoms with E-state index in [1.54, 1.807) is 17.8 Å². The topological polar surface area (TPSA) is 73.7 Å². The van der Waals surface area contributed by atoms with Gasteiger partial charge in [0.15, 0.2) is 5.03 Å². The van der Waals surface area contributed by atoms with Gasteiger partial charge in [-0.2, -0.15) is 4.31 Å². The first-order valence-corrected chi connectivity index (χ1v) is 10.1. The molecule has 0 unspecified atom stereocenters. The van der Waals surface area contributed by atoms with E-state index in [1.807, 2.05) is 0 Å². The zero-order valence-corrected chi connectivity index (χ0v) is 14.9. The minimum atomic E-state index is -3.56. The molecule has 0 aromatic carbocycles. The first-order valence-electron chi connectivity index (χ1n) is 8.71. The van der Waals surface area contributed by atoms with Crippen molar-refractivity contribution in [1.82, 2.24) is 13.9 Å². The lowest BCUT2D eigenvalue weighted by atomic mass is 9.90. The van der Waals surface area contributed by atoms with Crippen LogP contribution in [-0.4, -0.2) is 60.3 Å². The van der Waals surface area contributed by atoms with E-state index < -0.39 is 15.6 Å². The van der Waals surface area contributed by atoms with Crippen LogP contribution in [0.3, 0.4) is 0 Å². The number of imidazole rings is 1. The molecule has 1 spiro atoms. The number of sulfonamides is 1. The Morgan fingerprint density at radius 1 is 1.46 bits per heavy atom. The van der Waals surface area contributed by atoms with Crippen LogP contribution >= 0.6 is 0 Å². The van der Waals surface area contributed by atoms with E-state index in [1.165, 1.54) is 23.5 Å². The van der Waals surface area contributed by atoms with Gasteiger partial charge in [0, 0.05) is 39.4 Å². The fraction of sp³-hybridized carbons (Fsp3) is 0.812. The van der Waals surface area contributed by atoms with Gasteiger partial charge in [-0.25, -0.2) is 13.4 Å². The molecule has 134 valence electrons. The second kappa shape index (κ2) is 6.09. The molecule has 2 saturated heterocycles. The molecule has 1 aliphatic carbocycles. The molecule has 8 heteroatoms. The van der Waals surface area contributed by atoms with Gasteiger partial charge in [-0.05, 0) is 31.6 Å². The predicted octanol–water partition coefficient (Wildman–Crippen LogP) is 1.16. The lowest BCUT2D eigenvalue weighted by molar-refractivity contribution is -0.0357. The fourth-order valence-corrected chi connectivity index (χ4v) is 5.19. The van der Waals surface area contributed by atoms with Gasteiger partial charge in [0.05, 0.1) is 24.6 Å². The number of rotatable bonds is 5. The highest BCUT2D eigenvalue weighted by Crippen LogP contribution is 2.38. The molecule has 3 heterocycles. The average Bonchev–Trinajstić information content (AvgIpc) is 3.16. The van der Waals surface area contributed by atoms with Crippen molar-refractivity contribution < 1.29 is 17.9 Å². The summed E-state index contributed by atoms with van der Waals surface area (Å²) in [6.45, 7) is 2.32. The maximum absolute atomic E-state index is 12.8. The second-order valence-electron chi connectivity index (χ2n) is 7.42. The van der Waals surface area contributed by atoms with E-state index >= 15 is 0 Å². The van der Waals surface area contributed by atoms with Crippen LogP contribution in [0.15, 0.2) is 17.6 Å². The van der Waals surface area contributed by atoms with Crippen LogP contribution in [0.2, 0.25) is 0 Å². The molecule has 24 heavy (non-hydrogen) atoms. The molecule has 0 bridgehead atoms. The molecule has 1 aromatic heterocycles. The van der Waals surface area contributed by atoms with Crippen molar-refractivity contribution in [3.63, 3.8) is 0 Å². The van der Waals surface area contributed by atoms with Crippen molar-refractivity contribution in [2.75, 3.05) is 26.3 Å². The van der Waals surface area contributed by atoms with Gasteiger partial charge in [-0.15, -0.1) is 0 Å². The molecule has 2 aliphatic heterocycles. The Bertz CT molecular complexity index is 700. The fourth-order valence-electron chi connectivity index (χ4n) is 3.67. The standard InChI is InChI=1S/C16H25N3O4S/c1-18-8-15(17-12-18)24(20,21)19-6-2-5-16(11-19)7-14(10-23-16)22-9-13-3-4-13/h8,12-14H,2-7,9-11H2,1H3/t14-,16+/m1/s1. The van der Waals surface area contributed by atoms with Crippen molar-refractivity contribution in [2.24, 2.45) is 13.0 Å². The summed E-state index contributed by atoms with van der Waals surface area (Å²) in [6, 6.07) is 0. The average molecular weight is 355 g/mol. The molecule has 0 amide bonds. The number of ether oxygens (including phenoxy) is 2. The van der Waals surface area contributed by atoms with Crippen LogP contribution in [-0.2, 0) is 26.5 Å². The van der Waals surface area contributed by atoms with Gasteiger partial charge in [0.25, 0.3) is 10.0 Å². The van der Waals surface area contributed by atoms with E-state index in [0.717, 1.165) is 31.8 Å². The predicted molar refractivity (Wildman–Crippen MR) is 87.0 cm³/mol. The minimum Gasteiger partial charge on any atom is -0.375 e. The van der Waals surface area contributed by atoms with Gasteiger partial charge >= 0.3 is 0 Å². The van der Waals surface area contributed by atoms with Crippen LogP contribution in [0.5, 0.6) is 0 Å². The third-order valence-corrected chi connectivity index (χ3v) is 6.96. The van der Waals surface area contributed by atoms with Gasteiger partial charge in [0.2, 0.25) is 0 Å². The zero-order chi connectivity index (χ0) is 16.8. The van der Waals surface area contributed by atoms with Crippen LogP contribution in [0.4, 0.5) is 0 Å².